The van der Waals surface area contributed by atoms with Crippen LogP contribution in [0.2, 0.25) is 0 Å². The molecule has 148 valence electrons. The van der Waals surface area contributed by atoms with Crippen LogP contribution in [0.1, 0.15) is 34.5 Å². The van der Waals surface area contributed by atoms with E-state index in [0.717, 1.165) is 31.5 Å². The third-order valence-corrected chi connectivity index (χ3v) is 5.16. The van der Waals surface area contributed by atoms with Crippen molar-refractivity contribution in [3.63, 3.8) is 0 Å². The second-order valence-corrected chi connectivity index (χ2v) is 7.29. The Hall–Kier alpha value is -2.44. The van der Waals surface area contributed by atoms with Crippen LogP contribution in [0.25, 0.3) is 22.4 Å². The van der Waals surface area contributed by atoms with Crippen molar-refractivity contribution in [1.29, 1.82) is 0 Å². The summed E-state index contributed by atoms with van der Waals surface area (Å²) in [7, 11) is 0. The van der Waals surface area contributed by atoms with Crippen LogP contribution in [0.4, 0.5) is 0 Å². The second kappa shape index (κ2) is 8.71. The molecule has 0 aliphatic carbocycles. The number of pyridine rings is 1. The van der Waals surface area contributed by atoms with Crippen molar-refractivity contribution in [1.82, 2.24) is 20.8 Å². The van der Waals surface area contributed by atoms with E-state index < -0.39 is 0 Å². The molecule has 0 radical (unpaired) electrons. The maximum absolute atomic E-state index is 13.0. The molecule has 0 saturated carbocycles. The Balaban J connectivity index is 0.00000225. The van der Waals surface area contributed by atoms with Crippen molar-refractivity contribution >= 4 is 29.4 Å². The summed E-state index contributed by atoms with van der Waals surface area (Å²) in [5.41, 5.74) is 4.48. The van der Waals surface area contributed by atoms with Crippen LogP contribution in [-0.4, -0.2) is 35.7 Å². The molecule has 1 amide bonds. The lowest BCUT2D eigenvalue weighted by Crippen LogP contribution is -2.38. The van der Waals surface area contributed by atoms with Gasteiger partial charge < -0.3 is 15.2 Å². The average Bonchev–Trinajstić information content (AvgIpc) is 3.08. The van der Waals surface area contributed by atoms with E-state index in [1.54, 1.807) is 0 Å². The van der Waals surface area contributed by atoms with E-state index >= 15 is 0 Å². The van der Waals surface area contributed by atoms with Gasteiger partial charge in [-0.2, -0.15) is 0 Å². The number of rotatable bonds is 4. The summed E-state index contributed by atoms with van der Waals surface area (Å²) in [4.78, 5) is 17.5. The molecule has 1 unspecified atom stereocenters. The van der Waals surface area contributed by atoms with Gasteiger partial charge in [0.1, 0.15) is 0 Å². The number of fused-ring (bicyclic) bond motifs is 1. The van der Waals surface area contributed by atoms with Crippen LogP contribution >= 0.6 is 12.4 Å². The fraction of sp³-hybridized carbons (Fsp3) is 0.381. The molecule has 1 fully saturated rings. The van der Waals surface area contributed by atoms with Crippen LogP contribution in [-0.2, 0) is 0 Å². The van der Waals surface area contributed by atoms with E-state index in [2.05, 4.69) is 20.8 Å². The molecular formula is C21H25ClN4O2. The number of carbonyl (C=O) groups is 1. The van der Waals surface area contributed by atoms with E-state index in [0.29, 0.717) is 40.5 Å². The first-order chi connectivity index (χ1) is 13.1. The predicted molar refractivity (Wildman–Crippen MR) is 112 cm³/mol. The normalized spacial score (nSPS) is 16.6. The standard InChI is InChI=1S/C21H24N4O2.ClH/c1-13-5-7-16(8-6-13)18-10-17(19-14(2)25-27-21(19)24-18)20(26)23-12-15-4-3-9-22-11-15;/h5-8,10,15,22H,3-4,9,11-12H2,1-2H3,(H,23,26);1H. The van der Waals surface area contributed by atoms with Crippen molar-refractivity contribution < 1.29 is 9.32 Å². The van der Waals surface area contributed by atoms with Gasteiger partial charge in [-0.3, -0.25) is 4.79 Å². The molecule has 1 aromatic carbocycles. The minimum atomic E-state index is -0.104. The van der Waals surface area contributed by atoms with Crippen LogP contribution in [0.5, 0.6) is 0 Å². The Bertz CT molecular complexity index is 962. The number of carbonyl (C=O) groups excluding carboxylic acids is 1. The van der Waals surface area contributed by atoms with Crippen LogP contribution in [0, 0.1) is 19.8 Å². The third-order valence-electron chi connectivity index (χ3n) is 5.16. The number of hydrogen-bond acceptors (Lipinski definition) is 5. The van der Waals surface area contributed by atoms with Crippen LogP contribution in [0.3, 0.4) is 0 Å². The highest BCUT2D eigenvalue weighted by Crippen LogP contribution is 2.27. The lowest BCUT2D eigenvalue weighted by Gasteiger charge is -2.23. The summed E-state index contributed by atoms with van der Waals surface area (Å²) < 4.78 is 5.37. The van der Waals surface area contributed by atoms with Gasteiger partial charge in [-0.05, 0) is 51.8 Å². The summed E-state index contributed by atoms with van der Waals surface area (Å²) in [6, 6.07) is 9.90. The van der Waals surface area contributed by atoms with E-state index in [4.69, 9.17) is 4.52 Å². The summed E-state index contributed by atoms with van der Waals surface area (Å²) >= 11 is 0. The fourth-order valence-corrected chi connectivity index (χ4v) is 3.58. The molecule has 0 bridgehead atoms. The molecule has 0 spiro atoms. The van der Waals surface area contributed by atoms with Gasteiger partial charge in [0.05, 0.1) is 22.3 Å². The van der Waals surface area contributed by atoms with E-state index in [-0.39, 0.29) is 18.3 Å². The Morgan fingerprint density at radius 1 is 1.29 bits per heavy atom. The highest BCUT2D eigenvalue weighted by Gasteiger charge is 2.20. The SMILES string of the molecule is Cc1ccc(-c2cc(C(=O)NCC3CCCNC3)c3c(C)noc3n2)cc1.Cl. The maximum Gasteiger partial charge on any atom is 0.259 e. The fourth-order valence-electron chi connectivity index (χ4n) is 3.58. The number of halogens is 1. The number of amides is 1. The van der Waals surface area contributed by atoms with Gasteiger partial charge in [-0.1, -0.05) is 35.0 Å². The number of nitrogens with one attached hydrogen (secondary N) is 2. The van der Waals surface area contributed by atoms with Gasteiger partial charge in [0.25, 0.3) is 11.6 Å². The minimum Gasteiger partial charge on any atom is -0.352 e. The Morgan fingerprint density at radius 3 is 2.79 bits per heavy atom. The number of hydrogen-bond donors (Lipinski definition) is 2. The molecule has 6 nitrogen and oxygen atoms in total. The van der Waals surface area contributed by atoms with Crippen LogP contribution < -0.4 is 10.6 Å². The minimum absolute atomic E-state index is 0. The Labute approximate surface area is 170 Å². The van der Waals surface area contributed by atoms with Crippen molar-refractivity contribution in [2.24, 2.45) is 5.92 Å². The lowest BCUT2D eigenvalue weighted by atomic mass is 9.99. The van der Waals surface area contributed by atoms with Gasteiger partial charge >= 0.3 is 0 Å². The highest BCUT2D eigenvalue weighted by atomic mass is 35.5. The number of aryl methyl sites for hydroxylation is 2. The van der Waals surface area contributed by atoms with Crippen molar-refractivity contribution in [3.05, 3.63) is 47.2 Å². The van der Waals surface area contributed by atoms with Gasteiger partial charge in [0.2, 0.25) is 0 Å². The molecule has 1 saturated heterocycles. The molecule has 1 aliphatic heterocycles. The quantitative estimate of drug-likeness (QED) is 0.698. The largest absolute Gasteiger partial charge is 0.352 e. The Morgan fingerprint density at radius 2 is 2.07 bits per heavy atom. The third kappa shape index (κ3) is 4.18. The molecule has 1 aliphatic rings. The zero-order chi connectivity index (χ0) is 18.8. The summed E-state index contributed by atoms with van der Waals surface area (Å²) in [6.45, 7) is 6.56. The topological polar surface area (TPSA) is 80.0 Å². The first-order valence-electron chi connectivity index (χ1n) is 9.45. The first kappa shape index (κ1) is 20.3. The molecule has 4 rings (SSSR count). The smallest absolute Gasteiger partial charge is 0.259 e. The number of nitrogens with zero attached hydrogens (tertiary/aromatic N) is 2. The number of piperidine rings is 1. The zero-order valence-corrected chi connectivity index (χ0v) is 16.9. The second-order valence-electron chi connectivity index (χ2n) is 7.29. The van der Waals surface area contributed by atoms with Gasteiger partial charge in [0, 0.05) is 12.1 Å². The molecular weight excluding hydrogens is 376 g/mol. The first-order valence-corrected chi connectivity index (χ1v) is 9.45. The monoisotopic (exact) mass is 400 g/mol. The molecule has 3 heterocycles. The van der Waals surface area contributed by atoms with Gasteiger partial charge in [0.15, 0.2) is 0 Å². The van der Waals surface area contributed by atoms with E-state index in [9.17, 15) is 4.79 Å². The summed E-state index contributed by atoms with van der Waals surface area (Å²) in [6.07, 6.45) is 2.29. The molecule has 7 heteroatoms. The lowest BCUT2D eigenvalue weighted by molar-refractivity contribution is 0.0946. The summed E-state index contributed by atoms with van der Waals surface area (Å²) in [5, 5.41) is 11.2. The Kier molecular flexibility index (Phi) is 6.31. The van der Waals surface area contributed by atoms with Gasteiger partial charge in [-0.25, -0.2) is 4.98 Å². The molecule has 2 N–H and O–H groups in total. The summed E-state index contributed by atoms with van der Waals surface area (Å²) in [5.74, 6) is 0.368. The van der Waals surface area contributed by atoms with E-state index in [1.165, 1.54) is 5.56 Å². The molecule has 3 aromatic rings. The van der Waals surface area contributed by atoms with Gasteiger partial charge in [-0.15, -0.1) is 12.4 Å². The number of benzene rings is 1. The van der Waals surface area contributed by atoms with Crippen LogP contribution in [0.15, 0.2) is 34.9 Å². The molecule has 2 aromatic heterocycles. The number of aromatic nitrogens is 2. The highest BCUT2D eigenvalue weighted by molar-refractivity contribution is 6.07. The molecule has 28 heavy (non-hydrogen) atoms. The van der Waals surface area contributed by atoms with Crippen molar-refractivity contribution in [3.8, 4) is 11.3 Å². The van der Waals surface area contributed by atoms with E-state index in [1.807, 2.05) is 44.2 Å². The maximum atomic E-state index is 13.0. The average molecular weight is 401 g/mol. The van der Waals surface area contributed by atoms with Crippen molar-refractivity contribution in [2.75, 3.05) is 19.6 Å². The van der Waals surface area contributed by atoms with Crippen molar-refractivity contribution in [2.45, 2.75) is 26.7 Å². The molecule has 1 atom stereocenters. The predicted octanol–water partition coefficient (Wildman–Crippen LogP) is 3.66. The zero-order valence-electron chi connectivity index (χ0n) is 16.1.